The Bertz CT molecular complexity index is 6930. The first-order valence-corrected chi connectivity index (χ1v) is 38.4. The van der Waals surface area contributed by atoms with Crippen LogP contribution < -0.4 is 52.1 Å². The van der Waals surface area contributed by atoms with Crippen molar-refractivity contribution in [3.8, 4) is 84.3 Å². The summed E-state index contributed by atoms with van der Waals surface area (Å²) in [6.07, 6.45) is 0. The first kappa shape index (κ1) is 56.7. The van der Waals surface area contributed by atoms with Crippen molar-refractivity contribution in [1.29, 1.82) is 0 Å². The van der Waals surface area contributed by atoms with E-state index in [9.17, 15) is 8.22 Å². The Morgan fingerprint density at radius 3 is 1.29 bits per heavy atom. The van der Waals surface area contributed by atoms with Crippen LogP contribution in [0.3, 0.4) is 0 Å². The molecule has 0 fully saturated rings. The number of fused-ring (bicyclic) bond motifs is 21. The van der Waals surface area contributed by atoms with Gasteiger partial charge in [-0.2, -0.15) is 0 Å². The second-order valence-electron chi connectivity index (χ2n) is 33.6. The average Bonchev–Trinajstić information content (AvgIpc) is 1.50. The Morgan fingerprint density at radius 1 is 0.318 bits per heavy atom. The van der Waals surface area contributed by atoms with E-state index in [2.05, 4.69) is 327 Å². The van der Waals surface area contributed by atoms with Crippen molar-refractivity contribution in [3.63, 3.8) is 0 Å². The van der Waals surface area contributed by atoms with Gasteiger partial charge in [-0.05, 0) is 199 Å². The SMILES string of the molecule is [2H]c1c([2H])c([2H])c2c(c1[2H])c1c([2H])c([2H])c([2H])c([2H])c1n2-c1cc2c3c(c1)N(c1cc(C(C)(C)C)cc(C(C)(C)C)c1)c1ccccc1B3c1cc3c(cc1O2)Oc1cc(-c2cccc4c2C2(c5ccccc5-c5ccccc52)c2ccccc2-4)cc2c1B3c1ccccc1N2c1c(-c2ccccc2)cc(C(C)(C)C)cc1-c1ccccc1. The summed E-state index contributed by atoms with van der Waals surface area (Å²) >= 11 is 0. The summed E-state index contributed by atoms with van der Waals surface area (Å²) in [5.74, 6) is 2.30. The fourth-order valence-corrected chi connectivity index (χ4v) is 19.3. The van der Waals surface area contributed by atoms with Crippen molar-refractivity contribution in [3.05, 3.63) is 354 Å². The van der Waals surface area contributed by atoms with Crippen LogP contribution in [0.1, 0.15) is 112 Å². The molecule has 15 aromatic carbocycles. The molecule has 6 aliphatic rings. The van der Waals surface area contributed by atoms with Crippen LogP contribution >= 0.6 is 0 Å². The minimum absolute atomic E-state index is 0.0108. The summed E-state index contributed by atoms with van der Waals surface area (Å²) in [7, 11) is 0. The number of benzene rings is 15. The van der Waals surface area contributed by atoms with Crippen LogP contribution in [-0.4, -0.2) is 18.0 Å². The molecule has 0 saturated carbocycles. The van der Waals surface area contributed by atoms with E-state index in [4.69, 9.17) is 12.2 Å². The highest BCUT2D eigenvalue weighted by atomic mass is 16.5. The third-order valence-corrected chi connectivity index (χ3v) is 24.4. The Balaban J connectivity index is 0.832. The summed E-state index contributed by atoms with van der Waals surface area (Å²) in [6, 6.07) is 94.3. The van der Waals surface area contributed by atoms with Crippen LogP contribution in [0, 0.1) is 0 Å². The topological polar surface area (TPSA) is 29.9 Å². The van der Waals surface area contributed by atoms with Crippen molar-refractivity contribution in [2.75, 3.05) is 9.80 Å². The van der Waals surface area contributed by atoms with Crippen LogP contribution in [0.5, 0.6) is 23.0 Å². The fourth-order valence-electron chi connectivity index (χ4n) is 19.3. The number of aromatic nitrogens is 1. The van der Waals surface area contributed by atoms with Gasteiger partial charge in [-0.25, -0.2) is 0 Å². The van der Waals surface area contributed by atoms with Gasteiger partial charge < -0.3 is 23.8 Å². The van der Waals surface area contributed by atoms with E-state index in [1.165, 1.54) is 50.1 Å². The fraction of sp³-hybridized carbons (Fsp3) is 0.126. The van der Waals surface area contributed by atoms with Gasteiger partial charge in [0.05, 0.1) is 38.8 Å². The molecule has 0 bridgehead atoms. The van der Waals surface area contributed by atoms with Crippen molar-refractivity contribution in [2.24, 2.45) is 0 Å². The lowest BCUT2D eigenvalue weighted by atomic mass is 9.31. The van der Waals surface area contributed by atoms with Crippen LogP contribution in [0.15, 0.2) is 315 Å². The highest BCUT2D eigenvalue weighted by Crippen LogP contribution is 2.65. The van der Waals surface area contributed by atoms with E-state index < -0.39 is 55.1 Å². The van der Waals surface area contributed by atoms with Crippen LogP contribution in [-0.2, 0) is 21.7 Å². The number of anilines is 6. The predicted octanol–water partition coefficient (Wildman–Crippen LogP) is 22.8. The largest absolute Gasteiger partial charge is 0.458 e. The second kappa shape index (κ2) is 23.2. The van der Waals surface area contributed by atoms with Gasteiger partial charge in [0.15, 0.2) is 0 Å². The molecular formula is C103H79B2N3O2. The molecule has 22 rings (SSSR count). The van der Waals surface area contributed by atoms with Crippen molar-refractivity contribution >= 4 is 102 Å². The van der Waals surface area contributed by atoms with Gasteiger partial charge in [-0.3, -0.25) is 0 Å². The molecule has 0 unspecified atom stereocenters. The maximum absolute atomic E-state index is 9.79. The molecule has 2 aliphatic carbocycles. The van der Waals surface area contributed by atoms with E-state index in [-0.39, 0.29) is 50.1 Å². The smallest absolute Gasteiger partial charge is 0.256 e. The molecule has 1 aromatic heterocycles. The minimum atomic E-state index is -0.697. The molecule has 5 heterocycles. The third-order valence-electron chi connectivity index (χ3n) is 24.4. The van der Waals surface area contributed by atoms with E-state index in [0.717, 1.165) is 111 Å². The molecular weight excluding hydrogens is 1330 g/mol. The minimum Gasteiger partial charge on any atom is -0.458 e. The lowest BCUT2D eigenvalue weighted by Gasteiger charge is -2.43. The molecule has 0 atom stereocenters. The van der Waals surface area contributed by atoms with Gasteiger partial charge in [0.1, 0.15) is 23.0 Å². The maximum atomic E-state index is 9.79. The number of ether oxygens (including phenoxy) is 2. The van der Waals surface area contributed by atoms with Gasteiger partial charge >= 0.3 is 0 Å². The predicted molar refractivity (Wildman–Crippen MR) is 461 cm³/mol. The molecule has 524 valence electrons. The molecule has 5 nitrogen and oxygen atoms in total. The molecule has 4 aliphatic heterocycles. The molecule has 110 heavy (non-hydrogen) atoms. The normalized spacial score (nSPS) is 15.2. The number of para-hydroxylation sites is 4. The Labute approximate surface area is 655 Å². The number of hydrogen-bond acceptors (Lipinski definition) is 4. The maximum Gasteiger partial charge on any atom is 0.256 e. The lowest BCUT2D eigenvalue weighted by molar-refractivity contribution is 0.465. The standard InChI is InChI=1S/C103H79B2N3O2/c1-100(2,3)65-53-66(101(4,5)6)55-68(54-65)107-88-49-28-24-45-82(88)104-85-60-84-92(61-93(85)110-95-59-69(58-91(107)98(95)104)106-86-47-26-19-38-74(86)75-39-20-27-48-87(75)106)109-94-52-64(70-40-30-41-76-73-37-18-23-44-81(73)103(96(70)76)79-42-21-16-35-71(79)72-36-17-22-43-80(72)103)51-90-97(94)105(84)83-46-25-29-50-89(83)108(90)99-77(62-31-12-10-13-32-62)56-67(102(7,8)9)57-78(99)63-33-14-11-15-34-63/h10-61H,1-9H3/i19D,20D,26D,27D,38D,39D,47D,48D. The zero-order chi connectivity index (χ0) is 81.0. The number of nitrogens with zero attached hydrogens (tertiary/aromatic N) is 3. The third kappa shape index (κ3) is 9.18. The molecule has 1 spiro atoms. The Hall–Kier alpha value is -12.6. The lowest BCUT2D eigenvalue weighted by Crippen LogP contribution is -2.63. The van der Waals surface area contributed by atoms with Gasteiger partial charge in [-0.15, -0.1) is 0 Å². The molecule has 16 aromatic rings. The summed E-state index contributed by atoms with van der Waals surface area (Å²) in [5.41, 5.74) is 29.9. The monoisotopic (exact) mass is 1420 g/mol. The van der Waals surface area contributed by atoms with Gasteiger partial charge in [0, 0.05) is 62.5 Å². The summed E-state index contributed by atoms with van der Waals surface area (Å²) in [6.45, 7) is 19.4. The van der Waals surface area contributed by atoms with Crippen LogP contribution in [0.4, 0.5) is 34.1 Å². The van der Waals surface area contributed by atoms with E-state index in [1.54, 1.807) is 4.57 Å². The first-order valence-electron chi connectivity index (χ1n) is 42.4. The van der Waals surface area contributed by atoms with Gasteiger partial charge in [0.2, 0.25) is 0 Å². The van der Waals surface area contributed by atoms with E-state index in [0.29, 0.717) is 28.7 Å². The first-order chi connectivity index (χ1) is 56.8. The van der Waals surface area contributed by atoms with Crippen LogP contribution in [0.25, 0.3) is 83.1 Å². The quantitative estimate of drug-likeness (QED) is 0.155. The van der Waals surface area contributed by atoms with Gasteiger partial charge in [-0.1, -0.05) is 299 Å². The summed E-state index contributed by atoms with van der Waals surface area (Å²) in [4.78, 5) is 4.86. The highest BCUT2D eigenvalue weighted by Gasteiger charge is 2.54. The Kier molecular flexibility index (Phi) is 12.0. The molecule has 0 N–H and O–H groups in total. The highest BCUT2D eigenvalue weighted by molar-refractivity contribution is 7.02. The second-order valence-corrected chi connectivity index (χ2v) is 33.6. The number of rotatable bonds is 6. The summed E-state index contributed by atoms with van der Waals surface area (Å²) in [5, 5.41) is -0.0216. The van der Waals surface area contributed by atoms with Gasteiger partial charge in [0.25, 0.3) is 13.4 Å². The van der Waals surface area contributed by atoms with Crippen molar-refractivity contribution in [2.45, 2.75) is 84.0 Å². The average molecular weight is 1420 g/mol. The van der Waals surface area contributed by atoms with Crippen molar-refractivity contribution in [1.82, 2.24) is 4.57 Å². The molecule has 0 saturated heterocycles. The van der Waals surface area contributed by atoms with Crippen LogP contribution in [0.2, 0.25) is 0 Å². The van der Waals surface area contributed by atoms with E-state index >= 15 is 0 Å². The molecule has 0 radical (unpaired) electrons. The number of hydrogen-bond donors (Lipinski definition) is 0. The van der Waals surface area contributed by atoms with Crippen molar-refractivity contribution < 1.29 is 20.4 Å². The zero-order valence-electron chi connectivity index (χ0n) is 70.7. The Morgan fingerprint density at radius 2 is 0.755 bits per heavy atom. The zero-order valence-corrected chi connectivity index (χ0v) is 62.7. The molecule has 7 heteroatoms. The summed E-state index contributed by atoms with van der Waals surface area (Å²) < 4.78 is 92.5. The molecule has 0 amide bonds. The van der Waals surface area contributed by atoms with E-state index in [1.807, 2.05) is 12.1 Å².